The van der Waals surface area contributed by atoms with Gasteiger partial charge in [-0.25, -0.2) is 0 Å². The Bertz CT molecular complexity index is 666. The SMILES string of the molecule is COC(=O)CC(NC(=O)/C=C/c1ccccc1)c1ccccc1. The molecule has 118 valence electrons. The standard InChI is InChI=1S/C19H19NO3/c1-23-19(22)14-17(16-10-6-3-7-11-16)20-18(21)13-12-15-8-4-2-5-9-15/h2-13,17H,14H2,1H3,(H,20,21)/b13-12+. The average Bonchev–Trinajstić information content (AvgIpc) is 2.61. The molecule has 2 aromatic carbocycles. The lowest BCUT2D eigenvalue weighted by Gasteiger charge is -2.17. The van der Waals surface area contributed by atoms with E-state index in [2.05, 4.69) is 5.32 Å². The van der Waals surface area contributed by atoms with E-state index < -0.39 is 6.04 Å². The van der Waals surface area contributed by atoms with Crippen LogP contribution in [0, 0.1) is 0 Å². The van der Waals surface area contributed by atoms with Crippen LogP contribution in [-0.4, -0.2) is 19.0 Å². The molecule has 1 amide bonds. The van der Waals surface area contributed by atoms with Crippen LogP contribution < -0.4 is 5.32 Å². The number of nitrogens with one attached hydrogen (secondary N) is 1. The highest BCUT2D eigenvalue weighted by Crippen LogP contribution is 2.17. The van der Waals surface area contributed by atoms with Crippen molar-refractivity contribution in [2.75, 3.05) is 7.11 Å². The van der Waals surface area contributed by atoms with Crippen LogP contribution in [0.5, 0.6) is 0 Å². The van der Waals surface area contributed by atoms with Crippen LogP contribution in [0.4, 0.5) is 0 Å². The number of ether oxygens (including phenoxy) is 1. The van der Waals surface area contributed by atoms with E-state index >= 15 is 0 Å². The summed E-state index contributed by atoms with van der Waals surface area (Å²) >= 11 is 0. The van der Waals surface area contributed by atoms with Gasteiger partial charge in [0, 0.05) is 6.08 Å². The Kier molecular flexibility index (Phi) is 6.12. The maximum absolute atomic E-state index is 12.1. The molecule has 2 aromatic rings. The Balaban J connectivity index is 2.06. The monoisotopic (exact) mass is 309 g/mol. The molecule has 4 heteroatoms. The summed E-state index contributed by atoms with van der Waals surface area (Å²) in [6.07, 6.45) is 3.28. The minimum Gasteiger partial charge on any atom is -0.469 e. The molecule has 0 spiro atoms. The Morgan fingerprint density at radius 3 is 2.26 bits per heavy atom. The molecule has 0 bridgehead atoms. The molecule has 0 saturated carbocycles. The summed E-state index contributed by atoms with van der Waals surface area (Å²) in [5.74, 6) is -0.627. The van der Waals surface area contributed by atoms with Gasteiger partial charge in [0.25, 0.3) is 0 Å². The van der Waals surface area contributed by atoms with Crippen LogP contribution in [0.25, 0.3) is 6.08 Å². The highest BCUT2D eigenvalue weighted by atomic mass is 16.5. The van der Waals surface area contributed by atoms with Gasteiger partial charge in [-0.2, -0.15) is 0 Å². The fourth-order valence-electron chi connectivity index (χ4n) is 2.14. The highest BCUT2D eigenvalue weighted by molar-refractivity contribution is 5.92. The third kappa shape index (κ3) is 5.43. The van der Waals surface area contributed by atoms with Crippen LogP contribution in [0.3, 0.4) is 0 Å². The highest BCUT2D eigenvalue weighted by Gasteiger charge is 2.17. The van der Waals surface area contributed by atoms with Crippen LogP contribution >= 0.6 is 0 Å². The molecule has 0 aromatic heterocycles. The minimum absolute atomic E-state index is 0.0887. The second kappa shape index (κ2) is 8.54. The molecule has 23 heavy (non-hydrogen) atoms. The van der Waals surface area contributed by atoms with Crippen molar-refractivity contribution in [3.63, 3.8) is 0 Å². The maximum atomic E-state index is 12.1. The van der Waals surface area contributed by atoms with E-state index in [0.717, 1.165) is 11.1 Å². The quantitative estimate of drug-likeness (QED) is 0.659. The Morgan fingerprint density at radius 2 is 1.65 bits per heavy atom. The number of hydrogen-bond acceptors (Lipinski definition) is 3. The number of esters is 1. The topological polar surface area (TPSA) is 55.4 Å². The summed E-state index contributed by atoms with van der Waals surface area (Å²) in [5, 5.41) is 2.84. The van der Waals surface area contributed by atoms with Crippen molar-refractivity contribution in [1.29, 1.82) is 0 Å². The lowest BCUT2D eigenvalue weighted by atomic mass is 10.0. The zero-order valence-electron chi connectivity index (χ0n) is 12.9. The number of benzene rings is 2. The van der Waals surface area contributed by atoms with E-state index in [-0.39, 0.29) is 18.3 Å². The minimum atomic E-state index is -0.420. The zero-order chi connectivity index (χ0) is 16.5. The molecule has 4 nitrogen and oxygen atoms in total. The molecule has 1 N–H and O–H groups in total. The predicted octanol–water partition coefficient (Wildman–Crippen LogP) is 3.12. The smallest absolute Gasteiger partial charge is 0.307 e. The van der Waals surface area contributed by atoms with Crippen LogP contribution in [0.15, 0.2) is 66.7 Å². The first-order chi connectivity index (χ1) is 11.2. The van der Waals surface area contributed by atoms with Gasteiger partial charge in [-0.05, 0) is 17.2 Å². The molecule has 0 fully saturated rings. The predicted molar refractivity (Wildman–Crippen MR) is 89.4 cm³/mol. The van der Waals surface area contributed by atoms with Gasteiger partial charge in [0.1, 0.15) is 0 Å². The third-order valence-corrected chi connectivity index (χ3v) is 3.34. The normalized spacial score (nSPS) is 11.9. The van der Waals surface area contributed by atoms with E-state index in [9.17, 15) is 9.59 Å². The number of amides is 1. The Labute approximate surface area is 135 Å². The fourth-order valence-corrected chi connectivity index (χ4v) is 2.14. The summed E-state index contributed by atoms with van der Waals surface area (Å²) in [5.41, 5.74) is 1.80. The fraction of sp³-hybridized carbons (Fsp3) is 0.158. The number of carbonyl (C=O) groups excluding carboxylic acids is 2. The van der Waals surface area contributed by atoms with Gasteiger partial charge < -0.3 is 10.1 Å². The molecule has 2 rings (SSSR count). The molecule has 0 saturated heterocycles. The number of methoxy groups -OCH3 is 1. The molecule has 0 radical (unpaired) electrons. The van der Waals surface area contributed by atoms with Gasteiger partial charge in [-0.1, -0.05) is 60.7 Å². The van der Waals surface area contributed by atoms with Crippen LogP contribution in [0.1, 0.15) is 23.6 Å². The maximum Gasteiger partial charge on any atom is 0.307 e. The molecule has 0 heterocycles. The van der Waals surface area contributed by atoms with E-state index in [1.165, 1.54) is 13.2 Å². The second-order valence-corrected chi connectivity index (χ2v) is 5.00. The van der Waals surface area contributed by atoms with Gasteiger partial charge >= 0.3 is 5.97 Å². The van der Waals surface area contributed by atoms with E-state index in [1.54, 1.807) is 6.08 Å². The van der Waals surface area contributed by atoms with E-state index in [1.807, 2.05) is 60.7 Å². The van der Waals surface area contributed by atoms with Crippen molar-refractivity contribution < 1.29 is 14.3 Å². The van der Waals surface area contributed by atoms with E-state index in [0.29, 0.717) is 0 Å². The van der Waals surface area contributed by atoms with Crippen LogP contribution in [-0.2, 0) is 14.3 Å². The second-order valence-electron chi connectivity index (χ2n) is 5.00. The van der Waals surface area contributed by atoms with E-state index in [4.69, 9.17) is 4.74 Å². The van der Waals surface area contributed by atoms with Crippen molar-refractivity contribution in [3.05, 3.63) is 77.9 Å². The number of carbonyl (C=O) groups is 2. The van der Waals surface area contributed by atoms with Gasteiger partial charge in [-0.3, -0.25) is 9.59 Å². The molecule has 0 aliphatic heterocycles. The van der Waals surface area contributed by atoms with Crippen molar-refractivity contribution in [1.82, 2.24) is 5.32 Å². The lowest BCUT2D eigenvalue weighted by molar-refractivity contribution is -0.141. The van der Waals surface area contributed by atoms with Gasteiger partial charge in [0.05, 0.1) is 19.6 Å². The Morgan fingerprint density at radius 1 is 1.04 bits per heavy atom. The summed E-state index contributed by atoms with van der Waals surface area (Å²) in [6, 6.07) is 18.5. The Hall–Kier alpha value is -2.88. The lowest BCUT2D eigenvalue weighted by Crippen LogP contribution is -2.29. The first-order valence-electron chi connectivity index (χ1n) is 7.34. The summed E-state index contributed by atoms with van der Waals surface area (Å²) in [4.78, 5) is 23.7. The first-order valence-corrected chi connectivity index (χ1v) is 7.34. The average molecular weight is 309 g/mol. The molecule has 1 unspecified atom stereocenters. The van der Waals surface area contributed by atoms with Crippen molar-refractivity contribution in [2.45, 2.75) is 12.5 Å². The molecule has 1 atom stereocenters. The third-order valence-electron chi connectivity index (χ3n) is 3.34. The van der Waals surface area contributed by atoms with Crippen molar-refractivity contribution in [2.24, 2.45) is 0 Å². The number of hydrogen-bond donors (Lipinski definition) is 1. The van der Waals surface area contributed by atoms with Gasteiger partial charge in [0.2, 0.25) is 5.91 Å². The molecular formula is C19H19NO3. The molecule has 0 aliphatic carbocycles. The zero-order valence-corrected chi connectivity index (χ0v) is 12.9. The van der Waals surface area contributed by atoms with Gasteiger partial charge in [-0.15, -0.1) is 0 Å². The summed E-state index contributed by atoms with van der Waals surface area (Å²) in [7, 11) is 1.33. The summed E-state index contributed by atoms with van der Waals surface area (Å²) < 4.78 is 4.70. The largest absolute Gasteiger partial charge is 0.469 e. The first kappa shape index (κ1) is 16.5. The van der Waals surface area contributed by atoms with Crippen LogP contribution in [0.2, 0.25) is 0 Å². The van der Waals surface area contributed by atoms with Gasteiger partial charge in [0.15, 0.2) is 0 Å². The molecule has 0 aliphatic rings. The van der Waals surface area contributed by atoms with Crippen molar-refractivity contribution in [3.8, 4) is 0 Å². The van der Waals surface area contributed by atoms with Crippen molar-refractivity contribution >= 4 is 18.0 Å². The summed E-state index contributed by atoms with van der Waals surface area (Å²) in [6.45, 7) is 0. The number of rotatable bonds is 6. The molecular weight excluding hydrogens is 290 g/mol.